The molecule has 1 saturated heterocycles. The van der Waals surface area contributed by atoms with Gasteiger partial charge in [0.05, 0.1) is 0 Å². The number of hydrogen-bond donors (Lipinski definition) is 0. The molecule has 5 aliphatic rings. The number of carbonyl (C=O) groups excluding carboxylic acids is 1. The molecule has 1 spiro atoms. The standard InChI is InChI=1S/C27H44O2/c1-17(2)7-6-8-18(3)20-9-10-21-19-11-16-27-24(29-27)23(28)13-15-26(27,5)22(19)12-14-25(20,21)4/h17-22,24H,6-16H2,1-5H3/t18-,19+,20-,21+,22+,24+,25-,26-,27-/m1/s1. The van der Waals surface area contributed by atoms with Gasteiger partial charge in [-0.15, -0.1) is 0 Å². The molecular formula is C27H44O2. The Bertz CT molecular complexity index is 669. The first-order chi connectivity index (χ1) is 13.7. The smallest absolute Gasteiger partial charge is 0.164 e. The van der Waals surface area contributed by atoms with E-state index in [9.17, 15) is 4.79 Å². The van der Waals surface area contributed by atoms with Crippen LogP contribution in [0.3, 0.4) is 0 Å². The molecule has 4 saturated carbocycles. The van der Waals surface area contributed by atoms with Crippen LogP contribution in [0.5, 0.6) is 0 Å². The van der Waals surface area contributed by atoms with E-state index >= 15 is 0 Å². The lowest BCUT2D eigenvalue weighted by Gasteiger charge is -2.59. The summed E-state index contributed by atoms with van der Waals surface area (Å²) in [6, 6.07) is 0. The fourth-order valence-corrected chi connectivity index (χ4v) is 9.52. The first kappa shape index (κ1) is 20.5. The molecule has 1 aliphatic heterocycles. The van der Waals surface area contributed by atoms with Gasteiger partial charge in [-0.25, -0.2) is 0 Å². The highest BCUT2D eigenvalue weighted by Crippen LogP contribution is 2.73. The number of ether oxygens (including phenoxy) is 1. The SMILES string of the molecule is CC(C)CCC[C@@H](C)[C@H]1CC[C@H]2[C@@H]3CC[C@@]45O[C@H]4C(=O)CC[C@]5(C)[C@H]3CC[C@]12C. The molecule has 1 heterocycles. The van der Waals surface area contributed by atoms with Gasteiger partial charge in [-0.3, -0.25) is 4.79 Å². The summed E-state index contributed by atoms with van der Waals surface area (Å²) in [5, 5.41) is 0. The minimum atomic E-state index is -0.0562. The first-order valence-electron chi connectivity index (χ1n) is 12.9. The van der Waals surface area contributed by atoms with E-state index in [1.165, 1.54) is 51.4 Å². The Morgan fingerprint density at radius 1 is 0.966 bits per heavy atom. The number of Topliss-reactive ketones (excluding diaryl/α,β-unsaturated/α-hetero) is 1. The Hall–Kier alpha value is -0.370. The van der Waals surface area contributed by atoms with Crippen molar-refractivity contribution < 1.29 is 9.53 Å². The van der Waals surface area contributed by atoms with Crippen LogP contribution >= 0.6 is 0 Å². The van der Waals surface area contributed by atoms with E-state index < -0.39 is 0 Å². The average molecular weight is 401 g/mol. The molecule has 0 aromatic carbocycles. The Morgan fingerprint density at radius 3 is 2.52 bits per heavy atom. The minimum Gasteiger partial charge on any atom is -0.357 e. The van der Waals surface area contributed by atoms with E-state index in [1.54, 1.807) is 0 Å². The fourth-order valence-electron chi connectivity index (χ4n) is 9.52. The summed E-state index contributed by atoms with van der Waals surface area (Å²) in [6.45, 7) is 12.5. The number of fused-ring (bicyclic) bond motifs is 4. The molecule has 0 aromatic rings. The molecule has 0 N–H and O–H groups in total. The van der Waals surface area contributed by atoms with Crippen molar-refractivity contribution in [3.63, 3.8) is 0 Å². The number of carbonyl (C=O) groups is 1. The van der Waals surface area contributed by atoms with E-state index in [4.69, 9.17) is 4.74 Å². The number of rotatable bonds is 5. The van der Waals surface area contributed by atoms with Crippen LogP contribution in [0, 0.1) is 46.3 Å². The van der Waals surface area contributed by atoms with Crippen molar-refractivity contribution in [2.45, 2.75) is 117 Å². The Balaban J connectivity index is 1.32. The Morgan fingerprint density at radius 2 is 1.76 bits per heavy atom. The summed E-state index contributed by atoms with van der Waals surface area (Å²) < 4.78 is 6.24. The topological polar surface area (TPSA) is 29.6 Å². The summed E-state index contributed by atoms with van der Waals surface area (Å²) >= 11 is 0. The van der Waals surface area contributed by atoms with Crippen LogP contribution in [0.4, 0.5) is 0 Å². The molecule has 2 heteroatoms. The van der Waals surface area contributed by atoms with E-state index in [0.717, 1.165) is 54.8 Å². The summed E-state index contributed by atoms with van der Waals surface area (Å²) in [6.07, 6.45) is 14.3. The molecule has 0 bridgehead atoms. The van der Waals surface area contributed by atoms with Gasteiger partial charge in [-0.05, 0) is 85.9 Å². The molecule has 0 aromatic heterocycles. The van der Waals surface area contributed by atoms with Gasteiger partial charge in [0.15, 0.2) is 5.78 Å². The van der Waals surface area contributed by atoms with Crippen molar-refractivity contribution in [2.75, 3.05) is 0 Å². The minimum absolute atomic E-state index is 0.0344. The van der Waals surface area contributed by atoms with E-state index in [-0.39, 0.29) is 17.1 Å². The van der Waals surface area contributed by atoms with Gasteiger partial charge in [0.25, 0.3) is 0 Å². The summed E-state index contributed by atoms with van der Waals surface area (Å²) in [5.74, 6) is 5.66. The molecule has 164 valence electrons. The zero-order chi connectivity index (χ0) is 20.6. The Labute approximate surface area is 178 Å². The van der Waals surface area contributed by atoms with Crippen molar-refractivity contribution in [1.82, 2.24) is 0 Å². The number of ketones is 1. The molecular weight excluding hydrogens is 356 g/mol. The fraction of sp³-hybridized carbons (Fsp3) is 0.963. The monoisotopic (exact) mass is 400 g/mol. The average Bonchev–Trinajstić information content (AvgIpc) is 3.31. The maximum absolute atomic E-state index is 12.3. The molecule has 0 amide bonds. The second-order valence-electron chi connectivity index (χ2n) is 12.7. The maximum atomic E-state index is 12.3. The molecule has 2 nitrogen and oxygen atoms in total. The predicted octanol–water partition coefficient (Wildman–Crippen LogP) is 6.81. The lowest BCUT2D eigenvalue weighted by atomic mass is 9.44. The van der Waals surface area contributed by atoms with Gasteiger partial charge >= 0.3 is 0 Å². The summed E-state index contributed by atoms with van der Waals surface area (Å²) in [7, 11) is 0. The van der Waals surface area contributed by atoms with Crippen molar-refractivity contribution in [2.24, 2.45) is 46.3 Å². The molecule has 0 radical (unpaired) electrons. The van der Waals surface area contributed by atoms with Gasteiger partial charge in [0.1, 0.15) is 11.7 Å². The lowest BCUT2D eigenvalue weighted by molar-refractivity contribution is -0.132. The van der Waals surface area contributed by atoms with Crippen LogP contribution in [0.2, 0.25) is 0 Å². The molecule has 29 heavy (non-hydrogen) atoms. The third kappa shape index (κ3) is 2.79. The quantitative estimate of drug-likeness (QED) is 0.474. The van der Waals surface area contributed by atoms with Crippen LogP contribution in [0.25, 0.3) is 0 Å². The van der Waals surface area contributed by atoms with Gasteiger partial charge < -0.3 is 4.74 Å². The maximum Gasteiger partial charge on any atom is 0.164 e. The summed E-state index contributed by atoms with van der Waals surface area (Å²) in [4.78, 5) is 12.3. The predicted molar refractivity (Wildman–Crippen MR) is 118 cm³/mol. The van der Waals surface area contributed by atoms with Crippen molar-refractivity contribution >= 4 is 5.78 Å². The van der Waals surface area contributed by atoms with Crippen LogP contribution in [0.1, 0.15) is 105 Å². The van der Waals surface area contributed by atoms with Crippen LogP contribution in [-0.2, 0) is 9.53 Å². The second-order valence-corrected chi connectivity index (χ2v) is 12.7. The molecule has 5 fully saturated rings. The van der Waals surface area contributed by atoms with Gasteiger partial charge in [0, 0.05) is 11.8 Å². The molecule has 0 unspecified atom stereocenters. The van der Waals surface area contributed by atoms with Crippen LogP contribution in [0.15, 0.2) is 0 Å². The van der Waals surface area contributed by atoms with E-state index in [0.29, 0.717) is 11.2 Å². The normalized spacial score (nSPS) is 51.8. The van der Waals surface area contributed by atoms with Crippen LogP contribution < -0.4 is 0 Å². The van der Waals surface area contributed by atoms with E-state index in [2.05, 4.69) is 34.6 Å². The van der Waals surface area contributed by atoms with Crippen molar-refractivity contribution in [3.8, 4) is 0 Å². The van der Waals surface area contributed by atoms with Gasteiger partial charge in [-0.2, -0.15) is 0 Å². The highest BCUT2D eigenvalue weighted by atomic mass is 16.6. The molecule has 9 atom stereocenters. The number of epoxide rings is 1. The lowest BCUT2D eigenvalue weighted by Crippen LogP contribution is -2.58. The third-order valence-electron chi connectivity index (χ3n) is 11.2. The molecule has 5 rings (SSSR count). The molecule has 4 aliphatic carbocycles. The zero-order valence-electron chi connectivity index (χ0n) is 19.6. The largest absolute Gasteiger partial charge is 0.357 e. The zero-order valence-corrected chi connectivity index (χ0v) is 19.6. The van der Waals surface area contributed by atoms with Crippen LogP contribution in [-0.4, -0.2) is 17.5 Å². The van der Waals surface area contributed by atoms with Gasteiger partial charge in [0.2, 0.25) is 0 Å². The third-order valence-corrected chi connectivity index (χ3v) is 11.2. The number of hydrogen-bond acceptors (Lipinski definition) is 2. The summed E-state index contributed by atoms with van der Waals surface area (Å²) in [5.41, 5.74) is 0.768. The van der Waals surface area contributed by atoms with Gasteiger partial charge in [-0.1, -0.05) is 53.9 Å². The second kappa shape index (κ2) is 6.81. The highest BCUT2D eigenvalue weighted by Gasteiger charge is 2.76. The van der Waals surface area contributed by atoms with Crippen molar-refractivity contribution in [1.29, 1.82) is 0 Å². The van der Waals surface area contributed by atoms with Crippen molar-refractivity contribution in [3.05, 3.63) is 0 Å². The highest BCUT2D eigenvalue weighted by molar-refractivity contribution is 5.88. The Kier molecular flexibility index (Phi) is 4.82. The van der Waals surface area contributed by atoms with E-state index in [1.807, 2.05) is 0 Å². The first-order valence-corrected chi connectivity index (χ1v) is 12.9.